The van der Waals surface area contributed by atoms with Gasteiger partial charge in [0.25, 0.3) is 0 Å². The topological polar surface area (TPSA) is 66.6 Å². The van der Waals surface area contributed by atoms with E-state index in [1.165, 1.54) is 0 Å². The van der Waals surface area contributed by atoms with Crippen molar-refractivity contribution in [2.75, 3.05) is 19.6 Å². The highest BCUT2D eigenvalue weighted by atomic mass is 16.2. The first kappa shape index (κ1) is 16.3. The van der Waals surface area contributed by atoms with Crippen LogP contribution in [0.1, 0.15) is 46.5 Å². The molecule has 5 heteroatoms. The number of nitrogens with two attached hydrogens (primary N) is 1. The fraction of sp³-hybridized carbons (Fsp3) is 0.875. The van der Waals surface area contributed by atoms with Gasteiger partial charge in [-0.25, -0.2) is 0 Å². The third kappa shape index (κ3) is 4.19. The van der Waals surface area contributed by atoms with Gasteiger partial charge in [0.2, 0.25) is 11.8 Å². The van der Waals surface area contributed by atoms with Gasteiger partial charge in [0.05, 0.1) is 6.04 Å². The van der Waals surface area contributed by atoms with E-state index in [9.17, 15) is 9.59 Å². The van der Waals surface area contributed by atoms with Gasteiger partial charge in [-0.1, -0.05) is 13.8 Å². The SMILES string of the molecule is CC(=O)N(C[C@H]1CCCN(C(=O)[C@@H](N)C(C)C)C1)C1CC1. The second-order valence-electron chi connectivity index (χ2n) is 6.96. The third-order valence-electron chi connectivity index (χ3n) is 4.68. The van der Waals surface area contributed by atoms with Gasteiger partial charge in [0, 0.05) is 32.6 Å². The van der Waals surface area contributed by atoms with E-state index in [0.29, 0.717) is 12.0 Å². The zero-order valence-corrected chi connectivity index (χ0v) is 13.5. The summed E-state index contributed by atoms with van der Waals surface area (Å²) in [6.45, 7) is 7.96. The van der Waals surface area contributed by atoms with E-state index >= 15 is 0 Å². The van der Waals surface area contributed by atoms with Gasteiger partial charge >= 0.3 is 0 Å². The molecule has 2 rings (SSSR count). The molecule has 0 aromatic rings. The van der Waals surface area contributed by atoms with Gasteiger partial charge < -0.3 is 15.5 Å². The summed E-state index contributed by atoms with van der Waals surface area (Å²) in [6, 6.07) is 0.0441. The molecule has 1 heterocycles. The van der Waals surface area contributed by atoms with E-state index in [4.69, 9.17) is 5.73 Å². The maximum Gasteiger partial charge on any atom is 0.239 e. The lowest BCUT2D eigenvalue weighted by molar-refractivity contribution is -0.136. The number of rotatable bonds is 5. The largest absolute Gasteiger partial charge is 0.341 e. The van der Waals surface area contributed by atoms with Crippen molar-refractivity contribution in [2.45, 2.75) is 58.5 Å². The Labute approximate surface area is 127 Å². The smallest absolute Gasteiger partial charge is 0.239 e. The van der Waals surface area contributed by atoms with Crippen LogP contribution in [0.15, 0.2) is 0 Å². The Balaban J connectivity index is 1.91. The number of carbonyl (C=O) groups is 2. The average molecular weight is 295 g/mol. The Kier molecular flexibility index (Phi) is 5.25. The predicted octanol–water partition coefficient (Wildman–Crippen LogP) is 1.22. The summed E-state index contributed by atoms with van der Waals surface area (Å²) in [4.78, 5) is 28.0. The third-order valence-corrected chi connectivity index (χ3v) is 4.68. The molecule has 1 aliphatic carbocycles. The molecule has 0 aromatic heterocycles. The van der Waals surface area contributed by atoms with E-state index in [-0.39, 0.29) is 17.7 Å². The van der Waals surface area contributed by atoms with Crippen molar-refractivity contribution in [3.05, 3.63) is 0 Å². The van der Waals surface area contributed by atoms with Crippen molar-refractivity contribution in [2.24, 2.45) is 17.6 Å². The highest BCUT2D eigenvalue weighted by Crippen LogP contribution is 2.29. The molecule has 2 fully saturated rings. The molecule has 5 nitrogen and oxygen atoms in total. The molecule has 2 N–H and O–H groups in total. The molecular weight excluding hydrogens is 266 g/mol. The molecule has 0 spiro atoms. The minimum atomic E-state index is -0.406. The van der Waals surface area contributed by atoms with Crippen molar-refractivity contribution >= 4 is 11.8 Å². The molecule has 2 amide bonds. The first-order valence-electron chi connectivity index (χ1n) is 8.21. The Bertz CT molecular complexity index is 393. The Morgan fingerprint density at radius 1 is 1.29 bits per heavy atom. The van der Waals surface area contributed by atoms with E-state index in [1.807, 2.05) is 23.6 Å². The van der Waals surface area contributed by atoms with Crippen molar-refractivity contribution in [3.8, 4) is 0 Å². The minimum Gasteiger partial charge on any atom is -0.341 e. The molecule has 0 unspecified atom stereocenters. The van der Waals surface area contributed by atoms with Gasteiger partial charge in [-0.2, -0.15) is 0 Å². The molecule has 0 bridgehead atoms. The van der Waals surface area contributed by atoms with Crippen LogP contribution in [-0.2, 0) is 9.59 Å². The second kappa shape index (κ2) is 6.77. The summed E-state index contributed by atoms with van der Waals surface area (Å²) < 4.78 is 0. The van der Waals surface area contributed by atoms with Gasteiger partial charge in [-0.05, 0) is 37.5 Å². The van der Waals surface area contributed by atoms with Crippen LogP contribution in [0.25, 0.3) is 0 Å². The lowest BCUT2D eigenvalue weighted by Gasteiger charge is -2.37. The van der Waals surface area contributed by atoms with Crippen molar-refractivity contribution in [1.82, 2.24) is 9.80 Å². The van der Waals surface area contributed by atoms with Crippen LogP contribution in [0.2, 0.25) is 0 Å². The van der Waals surface area contributed by atoms with Gasteiger partial charge in [0.1, 0.15) is 0 Å². The number of carbonyl (C=O) groups excluding carboxylic acids is 2. The van der Waals surface area contributed by atoms with Crippen LogP contribution >= 0.6 is 0 Å². The molecule has 1 saturated heterocycles. The zero-order valence-electron chi connectivity index (χ0n) is 13.5. The van der Waals surface area contributed by atoms with Gasteiger partial charge in [-0.3, -0.25) is 9.59 Å². The molecule has 120 valence electrons. The number of amides is 2. The van der Waals surface area contributed by atoms with Crippen LogP contribution in [0.3, 0.4) is 0 Å². The number of likely N-dealkylation sites (tertiary alicyclic amines) is 1. The summed E-state index contributed by atoms with van der Waals surface area (Å²) in [6.07, 6.45) is 4.37. The molecule has 1 saturated carbocycles. The monoisotopic (exact) mass is 295 g/mol. The average Bonchev–Trinajstić information content (AvgIpc) is 3.27. The van der Waals surface area contributed by atoms with E-state index in [0.717, 1.165) is 45.3 Å². The van der Waals surface area contributed by atoms with Crippen LogP contribution in [0.5, 0.6) is 0 Å². The zero-order chi connectivity index (χ0) is 15.6. The molecule has 2 aliphatic rings. The van der Waals surface area contributed by atoms with Crippen molar-refractivity contribution in [1.29, 1.82) is 0 Å². The van der Waals surface area contributed by atoms with Crippen molar-refractivity contribution < 1.29 is 9.59 Å². The molecule has 21 heavy (non-hydrogen) atoms. The number of nitrogens with zero attached hydrogens (tertiary/aromatic N) is 2. The Morgan fingerprint density at radius 2 is 1.95 bits per heavy atom. The fourth-order valence-corrected chi connectivity index (χ4v) is 3.11. The summed E-state index contributed by atoms with van der Waals surface area (Å²) in [7, 11) is 0. The summed E-state index contributed by atoms with van der Waals surface area (Å²) >= 11 is 0. The maximum atomic E-state index is 12.4. The Morgan fingerprint density at radius 3 is 2.48 bits per heavy atom. The molecule has 0 radical (unpaired) electrons. The van der Waals surface area contributed by atoms with E-state index < -0.39 is 6.04 Å². The summed E-state index contributed by atoms with van der Waals surface area (Å²) in [5.41, 5.74) is 5.99. The standard InChI is InChI=1S/C16H29N3O2/c1-11(2)15(17)16(21)18-8-4-5-13(9-18)10-19(12(3)20)14-6-7-14/h11,13-15H,4-10,17H2,1-3H3/t13-,15-/m0/s1. The first-order valence-corrected chi connectivity index (χ1v) is 8.21. The number of hydrogen-bond acceptors (Lipinski definition) is 3. The van der Waals surface area contributed by atoms with Crippen LogP contribution < -0.4 is 5.73 Å². The fourth-order valence-electron chi connectivity index (χ4n) is 3.11. The lowest BCUT2D eigenvalue weighted by atomic mass is 9.95. The normalized spacial score (nSPS) is 24.0. The molecule has 0 aromatic carbocycles. The van der Waals surface area contributed by atoms with E-state index in [1.54, 1.807) is 6.92 Å². The molecular formula is C16H29N3O2. The highest BCUT2D eigenvalue weighted by molar-refractivity contribution is 5.82. The quantitative estimate of drug-likeness (QED) is 0.829. The van der Waals surface area contributed by atoms with Gasteiger partial charge in [0.15, 0.2) is 0 Å². The first-order chi connectivity index (χ1) is 9.90. The van der Waals surface area contributed by atoms with E-state index in [2.05, 4.69) is 0 Å². The predicted molar refractivity (Wildman–Crippen MR) is 82.5 cm³/mol. The number of piperidine rings is 1. The highest BCUT2D eigenvalue weighted by Gasteiger charge is 2.34. The lowest BCUT2D eigenvalue weighted by Crippen LogP contribution is -2.51. The second-order valence-corrected chi connectivity index (χ2v) is 6.96. The molecule has 1 aliphatic heterocycles. The summed E-state index contributed by atoms with van der Waals surface area (Å²) in [5.74, 6) is 0.792. The van der Waals surface area contributed by atoms with Crippen LogP contribution in [0, 0.1) is 11.8 Å². The number of hydrogen-bond donors (Lipinski definition) is 1. The molecule has 2 atom stereocenters. The van der Waals surface area contributed by atoms with Gasteiger partial charge in [-0.15, -0.1) is 0 Å². The Hall–Kier alpha value is -1.10. The van der Waals surface area contributed by atoms with Crippen LogP contribution in [0.4, 0.5) is 0 Å². The van der Waals surface area contributed by atoms with Crippen LogP contribution in [-0.4, -0.2) is 53.3 Å². The minimum absolute atomic E-state index is 0.0653. The maximum absolute atomic E-state index is 12.4. The van der Waals surface area contributed by atoms with Crippen molar-refractivity contribution in [3.63, 3.8) is 0 Å². The summed E-state index contributed by atoms with van der Waals surface area (Å²) in [5, 5.41) is 0.